The molecule has 2 N–H and O–H groups in total. The van der Waals surface area contributed by atoms with Gasteiger partial charge in [0, 0.05) is 17.3 Å². The molecule has 0 bridgehead atoms. The van der Waals surface area contributed by atoms with Crippen LogP contribution >= 0.6 is 0 Å². The van der Waals surface area contributed by atoms with Gasteiger partial charge >= 0.3 is 0 Å². The molecule has 0 fully saturated rings. The highest BCUT2D eigenvalue weighted by Crippen LogP contribution is 2.31. The lowest BCUT2D eigenvalue weighted by molar-refractivity contribution is 0.280. The summed E-state index contributed by atoms with van der Waals surface area (Å²) in [5.74, 6) is -10.5. The van der Waals surface area contributed by atoms with Gasteiger partial charge in [0.05, 0.1) is 12.2 Å². The number of H-pyrrole nitrogens is 1. The topological polar surface area (TPSA) is 53.1 Å². The summed E-state index contributed by atoms with van der Waals surface area (Å²) in [4.78, 5) is 13.2. The first-order chi connectivity index (χ1) is 9.38. The second-order valence-corrected chi connectivity index (χ2v) is 3.85. The third kappa shape index (κ3) is 2.07. The van der Waals surface area contributed by atoms with Gasteiger partial charge in [0.15, 0.2) is 23.3 Å². The van der Waals surface area contributed by atoms with Gasteiger partial charge in [0.1, 0.15) is 0 Å². The van der Waals surface area contributed by atoms with E-state index >= 15 is 0 Å². The minimum absolute atomic E-state index is 0.272. The average molecular weight is 291 g/mol. The number of aliphatic hydroxyl groups excluding tert-OH is 1. The maximum absolute atomic E-state index is 13.5. The SMILES string of the molecule is O=c1[nH]cc(-c2c(F)c(F)c(F)c(F)c2F)cc1CO. The van der Waals surface area contributed by atoms with E-state index in [0.29, 0.717) is 0 Å². The zero-order chi connectivity index (χ0) is 15.0. The molecule has 20 heavy (non-hydrogen) atoms. The molecule has 0 radical (unpaired) electrons. The van der Waals surface area contributed by atoms with Crippen molar-refractivity contribution in [2.75, 3.05) is 0 Å². The fraction of sp³-hybridized carbons (Fsp3) is 0.0833. The number of halogens is 5. The van der Waals surface area contributed by atoms with Crippen molar-refractivity contribution in [2.24, 2.45) is 0 Å². The summed E-state index contributed by atoms with van der Waals surface area (Å²) in [6.45, 7) is -0.751. The highest BCUT2D eigenvalue weighted by Gasteiger charge is 2.26. The van der Waals surface area contributed by atoms with Crippen molar-refractivity contribution in [3.63, 3.8) is 0 Å². The van der Waals surface area contributed by atoms with Crippen LogP contribution in [0.5, 0.6) is 0 Å². The number of benzene rings is 1. The summed E-state index contributed by atoms with van der Waals surface area (Å²) in [6, 6.07) is 0.844. The van der Waals surface area contributed by atoms with Gasteiger partial charge in [-0.25, -0.2) is 22.0 Å². The summed E-state index contributed by atoms with van der Waals surface area (Å²) in [5, 5.41) is 8.87. The molecule has 0 unspecified atom stereocenters. The van der Waals surface area contributed by atoms with E-state index in [4.69, 9.17) is 5.11 Å². The quantitative estimate of drug-likeness (QED) is 0.506. The highest BCUT2D eigenvalue weighted by atomic mass is 19.2. The predicted octanol–water partition coefficient (Wildman–Crippen LogP) is 2.23. The summed E-state index contributed by atoms with van der Waals surface area (Å²) in [5.41, 5.74) is -2.62. The van der Waals surface area contributed by atoms with Crippen LogP contribution in [-0.4, -0.2) is 10.1 Å². The van der Waals surface area contributed by atoms with Crippen molar-refractivity contribution in [2.45, 2.75) is 6.61 Å². The van der Waals surface area contributed by atoms with Gasteiger partial charge in [0.25, 0.3) is 5.56 Å². The molecule has 0 atom stereocenters. The largest absolute Gasteiger partial charge is 0.391 e. The highest BCUT2D eigenvalue weighted by molar-refractivity contribution is 5.65. The molecular formula is C12H6F5NO2. The molecule has 3 nitrogen and oxygen atoms in total. The van der Waals surface area contributed by atoms with E-state index < -0.39 is 52.4 Å². The second-order valence-electron chi connectivity index (χ2n) is 3.85. The molecular weight excluding hydrogens is 285 g/mol. The van der Waals surface area contributed by atoms with E-state index in [2.05, 4.69) is 0 Å². The Morgan fingerprint density at radius 3 is 1.95 bits per heavy atom. The van der Waals surface area contributed by atoms with E-state index in [-0.39, 0.29) is 5.56 Å². The van der Waals surface area contributed by atoms with Gasteiger partial charge in [-0.2, -0.15) is 0 Å². The summed E-state index contributed by atoms with van der Waals surface area (Å²) < 4.78 is 66.1. The zero-order valence-corrected chi connectivity index (χ0v) is 9.61. The Labute approximate surface area is 108 Å². The van der Waals surface area contributed by atoms with E-state index in [1.807, 2.05) is 4.98 Å². The van der Waals surface area contributed by atoms with Crippen molar-refractivity contribution < 1.29 is 27.1 Å². The maximum atomic E-state index is 13.5. The van der Waals surface area contributed by atoms with Gasteiger partial charge in [-0.05, 0) is 6.07 Å². The Morgan fingerprint density at radius 2 is 1.45 bits per heavy atom. The summed E-state index contributed by atoms with van der Waals surface area (Å²) in [7, 11) is 0. The number of nitrogens with one attached hydrogen (secondary N) is 1. The van der Waals surface area contributed by atoms with Gasteiger partial charge in [-0.3, -0.25) is 4.79 Å². The van der Waals surface area contributed by atoms with E-state index in [1.54, 1.807) is 0 Å². The van der Waals surface area contributed by atoms with Crippen LogP contribution in [0.1, 0.15) is 5.56 Å². The summed E-state index contributed by atoms with van der Waals surface area (Å²) >= 11 is 0. The van der Waals surface area contributed by atoms with Crippen LogP contribution in [-0.2, 0) is 6.61 Å². The Kier molecular flexibility index (Phi) is 3.58. The Balaban J connectivity index is 2.80. The third-order valence-corrected chi connectivity index (χ3v) is 2.65. The van der Waals surface area contributed by atoms with Crippen LogP contribution in [0.3, 0.4) is 0 Å². The second kappa shape index (κ2) is 5.04. The smallest absolute Gasteiger partial charge is 0.253 e. The van der Waals surface area contributed by atoms with Gasteiger partial charge in [-0.1, -0.05) is 0 Å². The molecule has 8 heteroatoms. The first kappa shape index (κ1) is 14.2. The third-order valence-electron chi connectivity index (χ3n) is 2.65. The van der Waals surface area contributed by atoms with Crippen LogP contribution in [0.25, 0.3) is 11.1 Å². The Bertz CT molecular complexity index is 712. The molecule has 0 aliphatic carbocycles. The lowest BCUT2D eigenvalue weighted by atomic mass is 10.0. The first-order valence-electron chi connectivity index (χ1n) is 5.22. The van der Waals surface area contributed by atoms with Crippen molar-refractivity contribution >= 4 is 0 Å². The van der Waals surface area contributed by atoms with Crippen LogP contribution in [0, 0.1) is 29.1 Å². The lowest BCUT2D eigenvalue weighted by Crippen LogP contribution is -2.13. The molecule has 0 saturated carbocycles. The fourth-order valence-electron chi connectivity index (χ4n) is 1.65. The van der Waals surface area contributed by atoms with Gasteiger partial charge in [0.2, 0.25) is 5.82 Å². The number of rotatable bonds is 2. The molecule has 2 aromatic rings. The average Bonchev–Trinajstić information content (AvgIpc) is 2.45. The van der Waals surface area contributed by atoms with Crippen LogP contribution < -0.4 is 5.56 Å². The van der Waals surface area contributed by atoms with Crippen molar-refractivity contribution in [1.29, 1.82) is 0 Å². The number of aromatic nitrogens is 1. The zero-order valence-electron chi connectivity index (χ0n) is 9.61. The van der Waals surface area contributed by atoms with E-state index in [1.165, 1.54) is 0 Å². The molecule has 0 aliphatic heterocycles. The standard InChI is InChI=1S/C12H6F5NO2/c13-7-6(8(14)10(16)11(17)9(7)15)4-1-5(3-19)12(20)18-2-4/h1-2,19H,3H2,(H,18,20). The van der Waals surface area contributed by atoms with Crippen LogP contribution in [0.4, 0.5) is 22.0 Å². The van der Waals surface area contributed by atoms with Crippen LogP contribution in [0.2, 0.25) is 0 Å². The lowest BCUT2D eigenvalue weighted by Gasteiger charge is -2.09. The molecule has 0 saturated heterocycles. The minimum atomic E-state index is -2.27. The van der Waals surface area contributed by atoms with Gasteiger partial charge in [-0.15, -0.1) is 0 Å². The monoisotopic (exact) mass is 291 g/mol. The Morgan fingerprint density at radius 1 is 0.950 bits per heavy atom. The van der Waals surface area contributed by atoms with Crippen molar-refractivity contribution in [3.8, 4) is 11.1 Å². The minimum Gasteiger partial charge on any atom is -0.391 e. The number of aliphatic hydroxyl groups is 1. The number of hydrogen-bond acceptors (Lipinski definition) is 2. The molecule has 1 heterocycles. The summed E-state index contributed by atoms with van der Waals surface area (Å²) in [6.07, 6.45) is 0.791. The fourth-order valence-corrected chi connectivity index (χ4v) is 1.65. The molecule has 1 aromatic carbocycles. The number of hydrogen-bond donors (Lipinski definition) is 2. The molecule has 2 rings (SSSR count). The van der Waals surface area contributed by atoms with Crippen molar-refractivity contribution in [1.82, 2.24) is 4.98 Å². The predicted molar refractivity (Wildman–Crippen MR) is 58.2 cm³/mol. The molecule has 106 valence electrons. The molecule has 1 aromatic heterocycles. The van der Waals surface area contributed by atoms with Gasteiger partial charge < -0.3 is 10.1 Å². The first-order valence-corrected chi connectivity index (χ1v) is 5.22. The number of aromatic amines is 1. The molecule has 0 amide bonds. The molecule has 0 spiro atoms. The Hall–Kier alpha value is -2.22. The van der Waals surface area contributed by atoms with Crippen LogP contribution in [0.15, 0.2) is 17.1 Å². The maximum Gasteiger partial charge on any atom is 0.253 e. The van der Waals surface area contributed by atoms with Crippen molar-refractivity contribution in [3.05, 3.63) is 57.3 Å². The number of pyridine rings is 1. The van der Waals surface area contributed by atoms with E-state index in [0.717, 1.165) is 12.3 Å². The molecule has 0 aliphatic rings. The van der Waals surface area contributed by atoms with E-state index in [9.17, 15) is 26.7 Å². The normalized spacial score (nSPS) is 10.9.